The Kier molecular flexibility index (Phi) is 5.31. The number of aryl methyl sites for hydroxylation is 1. The normalized spacial score (nSPS) is 15.6. The number of quaternary nitrogens is 1. The zero-order chi connectivity index (χ0) is 16.1. The summed E-state index contributed by atoms with van der Waals surface area (Å²) in [5, 5.41) is 4.11. The molecule has 4 nitrogen and oxygen atoms in total. The second-order valence-electron chi connectivity index (χ2n) is 6.08. The number of hydrogen-bond acceptors (Lipinski definition) is 2. The highest BCUT2D eigenvalue weighted by Gasteiger charge is 2.22. The molecule has 1 aromatic heterocycles. The third-order valence-electron chi connectivity index (χ3n) is 4.45. The molecule has 0 atom stereocenters. The van der Waals surface area contributed by atoms with E-state index in [4.69, 9.17) is 16.6 Å². The second-order valence-corrected chi connectivity index (χ2v) is 6.47. The Morgan fingerprint density at radius 2 is 2.00 bits per heavy atom. The molecule has 122 valence electrons. The summed E-state index contributed by atoms with van der Waals surface area (Å²) < 4.78 is 5.32. The van der Waals surface area contributed by atoms with Gasteiger partial charge in [-0.2, -0.15) is 0 Å². The zero-order valence-corrected chi connectivity index (χ0v) is 14.4. The van der Waals surface area contributed by atoms with Crippen LogP contribution in [0, 0.1) is 6.92 Å². The molecule has 0 radical (unpaired) electrons. The van der Waals surface area contributed by atoms with E-state index < -0.39 is 0 Å². The molecule has 1 aliphatic heterocycles. The molecule has 0 bridgehead atoms. The summed E-state index contributed by atoms with van der Waals surface area (Å²) in [5.74, 6) is 0.913. The van der Waals surface area contributed by atoms with Crippen molar-refractivity contribution in [2.75, 3.05) is 26.2 Å². The molecular formula is C18H24N3OS+. The minimum Gasteiger partial charge on any atom is -0.467 e. The van der Waals surface area contributed by atoms with Crippen LogP contribution in [0.5, 0.6) is 0 Å². The minimum absolute atomic E-state index is 0.655. The van der Waals surface area contributed by atoms with E-state index in [0.717, 1.165) is 43.6 Å². The molecule has 2 heterocycles. The van der Waals surface area contributed by atoms with E-state index in [2.05, 4.69) is 41.4 Å². The van der Waals surface area contributed by atoms with Crippen LogP contribution >= 0.6 is 12.2 Å². The molecule has 2 N–H and O–H groups in total. The highest BCUT2D eigenvalue weighted by molar-refractivity contribution is 7.80. The van der Waals surface area contributed by atoms with Crippen LogP contribution in [0.25, 0.3) is 0 Å². The van der Waals surface area contributed by atoms with E-state index in [0.29, 0.717) is 6.54 Å². The number of nitrogens with one attached hydrogen (secondary N) is 2. The summed E-state index contributed by atoms with van der Waals surface area (Å²) in [4.78, 5) is 3.89. The van der Waals surface area contributed by atoms with Crippen molar-refractivity contribution in [3.63, 3.8) is 0 Å². The van der Waals surface area contributed by atoms with Gasteiger partial charge in [-0.15, -0.1) is 0 Å². The second kappa shape index (κ2) is 7.62. The van der Waals surface area contributed by atoms with Crippen LogP contribution in [0.1, 0.15) is 16.9 Å². The van der Waals surface area contributed by atoms with Crippen molar-refractivity contribution in [2.45, 2.75) is 20.0 Å². The number of thiocarbonyl (C=S) groups is 1. The molecule has 0 saturated carbocycles. The van der Waals surface area contributed by atoms with Gasteiger partial charge in [0.05, 0.1) is 39.0 Å². The number of rotatable bonds is 4. The van der Waals surface area contributed by atoms with Crippen LogP contribution in [0.15, 0.2) is 47.1 Å². The van der Waals surface area contributed by atoms with Crippen molar-refractivity contribution in [3.8, 4) is 0 Å². The Labute approximate surface area is 143 Å². The molecule has 5 heteroatoms. The van der Waals surface area contributed by atoms with Gasteiger partial charge in [-0.1, -0.05) is 24.3 Å². The van der Waals surface area contributed by atoms with Crippen LogP contribution in [-0.2, 0) is 13.1 Å². The fourth-order valence-electron chi connectivity index (χ4n) is 2.97. The first kappa shape index (κ1) is 16.0. The minimum atomic E-state index is 0.655. The number of piperazine rings is 1. The number of benzene rings is 1. The summed E-state index contributed by atoms with van der Waals surface area (Å²) in [6.07, 6.45) is 1.69. The maximum absolute atomic E-state index is 5.50. The Morgan fingerprint density at radius 3 is 2.70 bits per heavy atom. The Balaban J connectivity index is 1.44. The monoisotopic (exact) mass is 330 g/mol. The van der Waals surface area contributed by atoms with Crippen LogP contribution in [0.2, 0.25) is 0 Å². The largest absolute Gasteiger partial charge is 0.467 e. The molecular weight excluding hydrogens is 306 g/mol. The van der Waals surface area contributed by atoms with Crippen LogP contribution in [-0.4, -0.2) is 36.2 Å². The van der Waals surface area contributed by atoms with Crippen LogP contribution in [0.4, 0.5) is 0 Å². The van der Waals surface area contributed by atoms with Crippen molar-refractivity contribution in [3.05, 3.63) is 59.5 Å². The van der Waals surface area contributed by atoms with Crippen molar-refractivity contribution >= 4 is 17.3 Å². The van der Waals surface area contributed by atoms with Gasteiger partial charge >= 0.3 is 0 Å². The Bertz CT molecular complexity index is 633. The molecule has 3 rings (SSSR count). The number of furan rings is 1. The molecule has 1 saturated heterocycles. The van der Waals surface area contributed by atoms with E-state index in [-0.39, 0.29) is 0 Å². The van der Waals surface area contributed by atoms with Crippen LogP contribution < -0.4 is 10.2 Å². The van der Waals surface area contributed by atoms with Crippen molar-refractivity contribution in [1.29, 1.82) is 0 Å². The summed E-state index contributed by atoms with van der Waals surface area (Å²) >= 11 is 5.50. The van der Waals surface area contributed by atoms with Crippen molar-refractivity contribution in [2.24, 2.45) is 0 Å². The van der Waals surface area contributed by atoms with Gasteiger partial charge in [0, 0.05) is 5.56 Å². The third kappa shape index (κ3) is 4.33. The standard InChI is InChI=1S/C18H23N3OS/c1-15-5-2-3-6-16(15)14-20-8-10-21(11-9-20)18(23)19-13-17-7-4-12-22-17/h2-7,12H,8-11,13-14H2,1H3,(H,19,23)/p+1. The van der Waals surface area contributed by atoms with Gasteiger partial charge in [-0.05, 0) is 36.8 Å². The fourth-order valence-corrected chi connectivity index (χ4v) is 3.22. The van der Waals surface area contributed by atoms with E-state index in [9.17, 15) is 0 Å². The molecule has 1 aliphatic rings. The summed E-state index contributed by atoms with van der Waals surface area (Å²) in [7, 11) is 0. The number of nitrogens with zero attached hydrogens (tertiary/aromatic N) is 1. The first-order valence-corrected chi connectivity index (χ1v) is 8.56. The van der Waals surface area contributed by atoms with Crippen molar-refractivity contribution in [1.82, 2.24) is 10.2 Å². The zero-order valence-electron chi connectivity index (χ0n) is 13.5. The third-order valence-corrected chi connectivity index (χ3v) is 4.86. The average Bonchev–Trinajstić information content (AvgIpc) is 3.09. The van der Waals surface area contributed by atoms with E-state index in [1.807, 2.05) is 12.1 Å². The molecule has 1 fully saturated rings. The van der Waals surface area contributed by atoms with Gasteiger partial charge in [0.1, 0.15) is 12.3 Å². The average molecular weight is 330 g/mol. The molecule has 0 unspecified atom stereocenters. The maximum Gasteiger partial charge on any atom is 0.169 e. The molecule has 0 aliphatic carbocycles. The maximum atomic E-state index is 5.50. The summed E-state index contributed by atoms with van der Waals surface area (Å²) in [5.41, 5.74) is 2.84. The van der Waals surface area contributed by atoms with E-state index in [1.54, 1.807) is 11.2 Å². The van der Waals surface area contributed by atoms with Gasteiger partial charge in [0.25, 0.3) is 0 Å². The van der Waals surface area contributed by atoms with Gasteiger partial charge in [0.15, 0.2) is 5.11 Å². The lowest BCUT2D eigenvalue weighted by Crippen LogP contribution is -3.13. The molecule has 2 aromatic rings. The van der Waals surface area contributed by atoms with Gasteiger partial charge in [0.2, 0.25) is 0 Å². The first-order valence-electron chi connectivity index (χ1n) is 8.15. The highest BCUT2D eigenvalue weighted by atomic mass is 32.1. The van der Waals surface area contributed by atoms with Gasteiger partial charge < -0.3 is 19.5 Å². The fraction of sp³-hybridized carbons (Fsp3) is 0.389. The topological polar surface area (TPSA) is 32.9 Å². The molecule has 0 spiro atoms. The predicted molar refractivity (Wildman–Crippen MR) is 95.3 cm³/mol. The van der Waals surface area contributed by atoms with E-state index >= 15 is 0 Å². The lowest BCUT2D eigenvalue weighted by molar-refractivity contribution is -0.917. The van der Waals surface area contributed by atoms with Crippen molar-refractivity contribution < 1.29 is 9.32 Å². The Morgan fingerprint density at radius 1 is 1.22 bits per heavy atom. The quantitative estimate of drug-likeness (QED) is 0.830. The van der Waals surface area contributed by atoms with Gasteiger partial charge in [-0.3, -0.25) is 0 Å². The van der Waals surface area contributed by atoms with Crippen LogP contribution in [0.3, 0.4) is 0 Å². The molecule has 1 aromatic carbocycles. The van der Waals surface area contributed by atoms with E-state index in [1.165, 1.54) is 11.1 Å². The smallest absolute Gasteiger partial charge is 0.169 e. The SMILES string of the molecule is Cc1ccccc1C[NH+]1CCN(C(=S)NCc2ccco2)CC1. The lowest BCUT2D eigenvalue weighted by atomic mass is 10.1. The molecule has 0 amide bonds. The highest BCUT2D eigenvalue weighted by Crippen LogP contribution is 2.05. The predicted octanol–water partition coefficient (Wildman–Crippen LogP) is 1.36. The first-order chi connectivity index (χ1) is 11.2. The summed E-state index contributed by atoms with van der Waals surface area (Å²) in [6.45, 7) is 8.21. The lowest BCUT2D eigenvalue weighted by Gasteiger charge is -2.34. The Hall–Kier alpha value is -1.85. The summed E-state index contributed by atoms with van der Waals surface area (Å²) in [6, 6.07) is 12.5. The molecule has 23 heavy (non-hydrogen) atoms. The number of hydrogen-bond donors (Lipinski definition) is 2. The van der Waals surface area contributed by atoms with Gasteiger partial charge in [-0.25, -0.2) is 0 Å².